The molecule has 0 bridgehead atoms. The lowest BCUT2D eigenvalue weighted by Gasteiger charge is -2.61. The summed E-state index contributed by atoms with van der Waals surface area (Å²) in [5.74, 6) is 1.01. The number of fused-ring (bicyclic) bond motifs is 5. The summed E-state index contributed by atoms with van der Waals surface area (Å²) < 4.78 is 11.3. The molecule has 4 aliphatic carbocycles. The normalized spacial score (nSPS) is 36.8. The van der Waals surface area contributed by atoms with Crippen LogP contribution in [0.2, 0.25) is 0 Å². The molecule has 8 atom stereocenters. The fourth-order valence-electron chi connectivity index (χ4n) is 9.65. The zero-order valence-corrected chi connectivity index (χ0v) is 25.3. The Bertz CT molecular complexity index is 1240. The maximum atomic E-state index is 12.7. The number of piperazine rings is 1. The maximum absolute atomic E-state index is 12.7. The van der Waals surface area contributed by atoms with Gasteiger partial charge in [-0.2, -0.15) is 0 Å². The van der Waals surface area contributed by atoms with Crippen molar-refractivity contribution < 1.29 is 33.8 Å². The number of carboxylic acids is 2. The van der Waals surface area contributed by atoms with Crippen LogP contribution in [0.3, 0.4) is 0 Å². The van der Waals surface area contributed by atoms with E-state index in [1.54, 1.807) is 12.3 Å². The van der Waals surface area contributed by atoms with Crippen LogP contribution in [0.5, 0.6) is 0 Å². The number of nitrogens with one attached hydrogen (secondary N) is 1. The highest BCUT2D eigenvalue weighted by Gasteiger charge is 2.60. The average Bonchev–Trinajstić information content (AvgIpc) is 3.34. The summed E-state index contributed by atoms with van der Waals surface area (Å²) in [5, 5.41) is 18.9. The van der Waals surface area contributed by atoms with Gasteiger partial charge in [0, 0.05) is 44.4 Å². The minimum absolute atomic E-state index is 0.0875. The molecule has 0 spiro atoms. The van der Waals surface area contributed by atoms with Crippen LogP contribution >= 0.6 is 0 Å². The van der Waals surface area contributed by atoms with Gasteiger partial charge in [-0.15, -0.1) is 0 Å². The molecule has 3 N–H and O–H groups in total. The van der Waals surface area contributed by atoms with E-state index >= 15 is 0 Å². The zero-order valence-electron chi connectivity index (χ0n) is 25.3. The first-order valence-electron chi connectivity index (χ1n) is 15.9. The van der Waals surface area contributed by atoms with Crippen LogP contribution in [0.15, 0.2) is 39.8 Å². The van der Waals surface area contributed by atoms with E-state index in [1.165, 1.54) is 50.5 Å². The Balaban J connectivity index is 0.000000407. The number of ether oxygens (including phenoxy) is 1. The molecule has 1 aromatic rings. The van der Waals surface area contributed by atoms with Gasteiger partial charge < -0.3 is 29.6 Å². The Morgan fingerprint density at radius 3 is 2.26 bits per heavy atom. The molecular weight excluding hydrogens is 552 g/mol. The quantitative estimate of drug-likeness (QED) is 0.412. The second kappa shape index (κ2) is 12.8. The van der Waals surface area contributed by atoms with Gasteiger partial charge in [-0.05, 0) is 110 Å². The number of hydrogen-bond acceptors (Lipinski definition) is 7. The molecule has 0 aromatic carbocycles. The SMILES string of the molecule is CC12CCC(OC(=O)N3CCNCC3)CC1CCC1C2CCC2(C)C(c3ccc(=O)oc3)CCC12.O=C(O)/C=C\C(=O)O. The van der Waals surface area contributed by atoms with Crippen LogP contribution in [-0.4, -0.2) is 65.4 Å². The van der Waals surface area contributed by atoms with Crippen molar-refractivity contribution in [2.24, 2.45) is 34.5 Å². The highest BCUT2D eigenvalue weighted by atomic mass is 16.6. The molecule has 5 aliphatic rings. The number of hydrogen-bond donors (Lipinski definition) is 3. The van der Waals surface area contributed by atoms with Gasteiger partial charge in [-0.1, -0.05) is 13.8 Å². The van der Waals surface area contributed by atoms with Crippen LogP contribution in [0.4, 0.5) is 4.79 Å². The summed E-state index contributed by atoms with van der Waals surface area (Å²) >= 11 is 0. The number of aliphatic carboxylic acids is 2. The molecule has 0 radical (unpaired) electrons. The average molecular weight is 599 g/mol. The predicted octanol–water partition coefficient (Wildman–Crippen LogP) is 4.89. The smallest absolute Gasteiger partial charge is 0.410 e. The third kappa shape index (κ3) is 6.54. The molecule has 5 fully saturated rings. The van der Waals surface area contributed by atoms with Crippen molar-refractivity contribution in [1.29, 1.82) is 0 Å². The summed E-state index contributed by atoms with van der Waals surface area (Å²) in [7, 11) is 0. The molecule has 1 amide bonds. The van der Waals surface area contributed by atoms with Gasteiger partial charge in [0.15, 0.2) is 0 Å². The largest absolute Gasteiger partial charge is 0.478 e. The van der Waals surface area contributed by atoms with Crippen molar-refractivity contribution in [3.63, 3.8) is 0 Å². The van der Waals surface area contributed by atoms with Gasteiger partial charge in [-0.25, -0.2) is 19.2 Å². The Morgan fingerprint density at radius 2 is 1.60 bits per heavy atom. The number of carboxylic acid groups (broad SMARTS) is 2. The van der Waals surface area contributed by atoms with Gasteiger partial charge in [0.25, 0.3) is 0 Å². The lowest BCUT2D eigenvalue weighted by molar-refractivity contribution is -0.134. The van der Waals surface area contributed by atoms with E-state index < -0.39 is 11.9 Å². The van der Waals surface area contributed by atoms with E-state index in [2.05, 4.69) is 19.2 Å². The minimum Gasteiger partial charge on any atom is -0.478 e. The van der Waals surface area contributed by atoms with Gasteiger partial charge in [0.05, 0.1) is 6.26 Å². The molecule has 236 valence electrons. The molecule has 6 rings (SSSR count). The number of amides is 1. The van der Waals surface area contributed by atoms with Crippen molar-refractivity contribution >= 4 is 18.0 Å². The van der Waals surface area contributed by atoms with Gasteiger partial charge >= 0.3 is 23.7 Å². The summed E-state index contributed by atoms with van der Waals surface area (Å²) in [6, 6.07) is 3.61. The number of carbonyl (C=O) groups excluding carboxylic acids is 1. The van der Waals surface area contributed by atoms with Crippen molar-refractivity contribution in [2.75, 3.05) is 26.2 Å². The Kier molecular flexibility index (Phi) is 9.34. The van der Waals surface area contributed by atoms with Crippen LogP contribution in [-0.2, 0) is 14.3 Å². The third-order valence-electron chi connectivity index (χ3n) is 11.8. The molecule has 1 aliphatic heterocycles. The predicted molar refractivity (Wildman–Crippen MR) is 159 cm³/mol. The Labute approximate surface area is 252 Å². The fourth-order valence-corrected chi connectivity index (χ4v) is 9.65. The standard InChI is InChI=1S/C29H42N2O4.C4H4O4/c1-28-11-9-21(35-27(33)31-15-13-30-14-16-31)17-20(28)4-5-22-24-7-6-23(19-3-8-26(32)34-18-19)29(24,2)12-10-25(22)28;5-3(6)1-2-4(7)8/h3,8,18,20-25,30H,4-7,9-17H2,1-2H3;1-2H,(H,5,6)(H,7,8)/b;2-1-. The zero-order chi connectivity index (χ0) is 30.8. The highest BCUT2D eigenvalue weighted by molar-refractivity contribution is 5.89. The maximum Gasteiger partial charge on any atom is 0.410 e. The second-order valence-corrected chi connectivity index (χ2v) is 13.7. The van der Waals surface area contributed by atoms with E-state index in [9.17, 15) is 19.2 Å². The summed E-state index contributed by atoms with van der Waals surface area (Å²) in [6.07, 6.45) is 13.8. The van der Waals surface area contributed by atoms with E-state index in [-0.39, 0.29) is 17.8 Å². The summed E-state index contributed by atoms with van der Waals surface area (Å²) in [5.41, 5.74) is 1.65. The molecule has 1 saturated heterocycles. The van der Waals surface area contributed by atoms with Crippen LogP contribution < -0.4 is 10.9 Å². The number of rotatable bonds is 4. The van der Waals surface area contributed by atoms with Gasteiger partial charge in [0.1, 0.15) is 6.10 Å². The van der Waals surface area contributed by atoms with E-state index in [0.29, 0.717) is 34.8 Å². The summed E-state index contributed by atoms with van der Waals surface area (Å²) in [6.45, 7) is 8.34. The van der Waals surface area contributed by atoms with Crippen molar-refractivity contribution in [2.45, 2.75) is 83.7 Å². The third-order valence-corrected chi connectivity index (χ3v) is 11.8. The van der Waals surface area contributed by atoms with E-state index in [1.807, 2.05) is 11.0 Å². The molecule has 43 heavy (non-hydrogen) atoms. The Hall–Kier alpha value is -3.14. The molecule has 8 unspecified atom stereocenters. The molecule has 10 nitrogen and oxygen atoms in total. The highest BCUT2D eigenvalue weighted by Crippen LogP contribution is 2.69. The van der Waals surface area contributed by atoms with Crippen LogP contribution in [0.1, 0.15) is 83.1 Å². The first-order valence-corrected chi connectivity index (χ1v) is 15.9. The van der Waals surface area contributed by atoms with Crippen molar-refractivity contribution in [3.05, 3.63) is 46.5 Å². The topological polar surface area (TPSA) is 146 Å². The first kappa shape index (κ1) is 31.3. The lowest BCUT2D eigenvalue weighted by Crippen LogP contribution is -2.54. The minimum atomic E-state index is -1.26. The number of carbonyl (C=O) groups is 3. The Morgan fingerprint density at radius 1 is 0.930 bits per heavy atom. The van der Waals surface area contributed by atoms with Gasteiger partial charge in [-0.3, -0.25) is 0 Å². The molecular formula is C33H46N2O8. The molecule has 2 heterocycles. The van der Waals surface area contributed by atoms with E-state index in [4.69, 9.17) is 19.4 Å². The van der Waals surface area contributed by atoms with Crippen LogP contribution in [0.25, 0.3) is 0 Å². The molecule has 1 aromatic heterocycles. The van der Waals surface area contributed by atoms with Crippen molar-refractivity contribution in [1.82, 2.24) is 10.2 Å². The van der Waals surface area contributed by atoms with E-state index in [0.717, 1.165) is 56.8 Å². The molecule has 4 saturated carbocycles. The van der Waals surface area contributed by atoms with Gasteiger partial charge in [0.2, 0.25) is 0 Å². The second-order valence-electron chi connectivity index (χ2n) is 13.7. The molecule has 10 heteroatoms. The van der Waals surface area contributed by atoms with Crippen molar-refractivity contribution in [3.8, 4) is 0 Å². The summed E-state index contributed by atoms with van der Waals surface area (Å²) in [4.78, 5) is 45.2. The first-order chi connectivity index (χ1) is 20.5. The monoisotopic (exact) mass is 598 g/mol. The van der Waals surface area contributed by atoms with Crippen LogP contribution in [0, 0.1) is 34.5 Å². The lowest BCUT2D eigenvalue weighted by atomic mass is 9.44. The fraction of sp³-hybridized carbons (Fsp3) is 0.697. The number of nitrogens with zero attached hydrogens (tertiary/aromatic N) is 1.